The van der Waals surface area contributed by atoms with Gasteiger partial charge in [0, 0.05) is 37.8 Å². The first kappa shape index (κ1) is 15.1. The quantitative estimate of drug-likeness (QED) is 0.899. The predicted octanol–water partition coefficient (Wildman–Crippen LogP) is 1.27. The molecule has 1 saturated heterocycles. The maximum Gasteiger partial charge on any atom is 0.270 e. The Morgan fingerprint density at radius 2 is 2.23 bits per heavy atom. The molecule has 2 aromatic heterocycles. The summed E-state index contributed by atoms with van der Waals surface area (Å²) in [4.78, 5) is 23.0. The molecular formula is C15H18N4O2S. The Balaban J connectivity index is 1.51. The molecule has 22 heavy (non-hydrogen) atoms. The van der Waals surface area contributed by atoms with Gasteiger partial charge in [0.2, 0.25) is 0 Å². The molecule has 0 unspecified atom stereocenters. The molecule has 116 valence electrons. The van der Waals surface area contributed by atoms with Crippen LogP contribution in [0.2, 0.25) is 0 Å². The molecule has 0 spiro atoms. The van der Waals surface area contributed by atoms with E-state index in [1.165, 1.54) is 11.3 Å². The number of rotatable bonds is 5. The number of nitrogens with zero attached hydrogens (tertiary/aromatic N) is 3. The summed E-state index contributed by atoms with van der Waals surface area (Å²) in [5.74, 6) is -0.133. The molecule has 0 saturated carbocycles. The second-order valence-corrected chi connectivity index (χ2v) is 5.82. The molecule has 1 amide bonds. The summed E-state index contributed by atoms with van der Waals surface area (Å²) in [6.45, 7) is 4.86. The Labute approximate surface area is 133 Å². The molecule has 3 rings (SSSR count). The third kappa shape index (κ3) is 3.88. The summed E-state index contributed by atoms with van der Waals surface area (Å²) >= 11 is 1.43. The van der Waals surface area contributed by atoms with E-state index in [2.05, 4.69) is 20.2 Å². The van der Waals surface area contributed by atoms with Gasteiger partial charge in [-0.1, -0.05) is 6.07 Å². The minimum atomic E-state index is -0.133. The van der Waals surface area contributed by atoms with Crippen LogP contribution in [0.3, 0.4) is 0 Å². The lowest BCUT2D eigenvalue weighted by atomic mass is 10.3. The topological polar surface area (TPSA) is 67.4 Å². The highest BCUT2D eigenvalue weighted by atomic mass is 32.1. The van der Waals surface area contributed by atoms with Crippen molar-refractivity contribution in [3.05, 3.63) is 35.5 Å². The number of pyridine rings is 1. The molecule has 0 atom stereocenters. The van der Waals surface area contributed by atoms with Gasteiger partial charge in [0.05, 0.1) is 18.9 Å². The van der Waals surface area contributed by atoms with Crippen LogP contribution in [0.15, 0.2) is 29.8 Å². The molecule has 0 aromatic carbocycles. The average molecular weight is 318 g/mol. The summed E-state index contributed by atoms with van der Waals surface area (Å²) in [6, 6.07) is 5.65. The van der Waals surface area contributed by atoms with Crippen LogP contribution in [0.25, 0.3) is 10.7 Å². The van der Waals surface area contributed by atoms with Gasteiger partial charge in [-0.05, 0) is 12.1 Å². The minimum Gasteiger partial charge on any atom is -0.379 e. The normalized spacial score (nSPS) is 15.6. The molecule has 2 aromatic rings. The SMILES string of the molecule is O=C(NCCN1CCOCC1)c1csc(-c2ccccn2)n1. The van der Waals surface area contributed by atoms with Gasteiger partial charge in [0.25, 0.3) is 5.91 Å². The Kier molecular flexibility index (Phi) is 5.10. The van der Waals surface area contributed by atoms with Crippen molar-refractivity contribution in [3.63, 3.8) is 0 Å². The van der Waals surface area contributed by atoms with Gasteiger partial charge in [0.15, 0.2) is 0 Å². The predicted molar refractivity (Wildman–Crippen MR) is 84.9 cm³/mol. The number of aromatic nitrogens is 2. The number of nitrogens with one attached hydrogen (secondary N) is 1. The smallest absolute Gasteiger partial charge is 0.270 e. The van der Waals surface area contributed by atoms with E-state index in [9.17, 15) is 4.79 Å². The van der Waals surface area contributed by atoms with Crippen LogP contribution in [0.4, 0.5) is 0 Å². The molecule has 3 heterocycles. The molecule has 1 aliphatic rings. The van der Waals surface area contributed by atoms with Gasteiger partial charge in [-0.15, -0.1) is 11.3 Å². The van der Waals surface area contributed by atoms with Gasteiger partial charge < -0.3 is 10.1 Å². The lowest BCUT2D eigenvalue weighted by Gasteiger charge is -2.26. The van der Waals surface area contributed by atoms with Crippen molar-refractivity contribution in [2.75, 3.05) is 39.4 Å². The zero-order valence-corrected chi connectivity index (χ0v) is 13.0. The fraction of sp³-hybridized carbons (Fsp3) is 0.400. The van der Waals surface area contributed by atoms with Gasteiger partial charge in [-0.3, -0.25) is 14.7 Å². The number of carbonyl (C=O) groups excluding carboxylic acids is 1. The zero-order chi connectivity index (χ0) is 15.2. The Hall–Kier alpha value is -1.83. The monoisotopic (exact) mass is 318 g/mol. The number of amides is 1. The van der Waals surface area contributed by atoms with Crippen LogP contribution in [0.5, 0.6) is 0 Å². The summed E-state index contributed by atoms with van der Waals surface area (Å²) in [6.07, 6.45) is 1.72. The first-order chi connectivity index (χ1) is 10.8. The molecular weight excluding hydrogens is 300 g/mol. The van der Waals surface area contributed by atoms with Gasteiger partial charge in [0.1, 0.15) is 10.7 Å². The first-order valence-corrected chi connectivity index (χ1v) is 8.16. The maximum atomic E-state index is 12.1. The zero-order valence-electron chi connectivity index (χ0n) is 12.2. The van der Waals surface area contributed by atoms with E-state index in [0.29, 0.717) is 12.2 Å². The van der Waals surface area contributed by atoms with Crippen molar-refractivity contribution in [1.29, 1.82) is 0 Å². The van der Waals surface area contributed by atoms with Gasteiger partial charge in [-0.25, -0.2) is 4.98 Å². The van der Waals surface area contributed by atoms with Crippen LogP contribution < -0.4 is 5.32 Å². The standard InChI is InChI=1S/C15H18N4O2S/c20-14(17-5-6-19-7-9-21-10-8-19)13-11-22-15(18-13)12-3-1-2-4-16-12/h1-4,11H,5-10H2,(H,17,20). The van der Waals surface area contributed by atoms with Crippen molar-refractivity contribution in [1.82, 2.24) is 20.2 Å². The minimum absolute atomic E-state index is 0.133. The van der Waals surface area contributed by atoms with E-state index in [4.69, 9.17) is 4.74 Å². The van der Waals surface area contributed by atoms with Crippen LogP contribution in [-0.4, -0.2) is 60.2 Å². The second kappa shape index (κ2) is 7.44. The van der Waals surface area contributed by atoms with Crippen molar-refractivity contribution < 1.29 is 9.53 Å². The summed E-state index contributed by atoms with van der Waals surface area (Å²) in [5, 5.41) is 5.45. The maximum absolute atomic E-state index is 12.1. The average Bonchev–Trinajstić information content (AvgIpc) is 3.07. The van der Waals surface area contributed by atoms with Crippen LogP contribution >= 0.6 is 11.3 Å². The summed E-state index contributed by atoms with van der Waals surface area (Å²) < 4.78 is 5.30. The number of morpholine rings is 1. The molecule has 6 nitrogen and oxygen atoms in total. The third-order valence-corrected chi connectivity index (χ3v) is 4.30. The van der Waals surface area contributed by atoms with E-state index in [-0.39, 0.29) is 5.91 Å². The number of ether oxygens (including phenoxy) is 1. The molecule has 1 aliphatic heterocycles. The highest BCUT2D eigenvalue weighted by Crippen LogP contribution is 2.21. The number of hydrogen-bond acceptors (Lipinski definition) is 6. The Morgan fingerprint density at radius 1 is 1.36 bits per heavy atom. The second-order valence-electron chi connectivity index (χ2n) is 4.96. The first-order valence-electron chi connectivity index (χ1n) is 7.28. The fourth-order valence-electron chi connectivity index (χ4n) is 2.23. The largest absolute Gasteiger partial charge is 0.379 e. The number of thiazole rings is 1. The molecule has 1 fully saturated rings. The number of hydrogen-bond donors (Lipinski definition) is 1. The van der Waals surface area contributed by atoms with Crippen molar-refractivity contribution in [2.24, 2.45) is 0 Å². The van der Waals surface area contributed by atoms with Crippen molar-refractivity contribution in [2.45, 2.75) is 0 Å². The highest BCUT2D eigenvalue weighted by molar-refractivity contribution is 7.13. The van der Waals surface area contributed by atoms with E-state index < -0.39 is 0 Å². The molecule has 0 bridgehead atoms. The van der Waals surface area contributed by atoms with Crippen LogP contribution in [-0.2, 0) is 4.74 Å². The third-order valence-electron chi connectivity index (χ3n) is 3.44. The lowest BCUT2D eigenvalue weighted by Crippen LogP contribution is -2.41. The lowest BCUT2D eigenvalue weighted by molar-refractivity contribution is 0.0383. The fourth-order valence-corrected chi connectivity index (χ4v) is 3.00. The highest BCUT2D eigenvalue weighted by Gasteiger charge is 2.13. The Morgan fingerprint density at radius 3 is 3.00 bits per heavy atom. The van der Waals surface area contributed by atoms with Crippen molar-refractivity contribution in [3.8, 4) is 10.7 Å². The Bertz CT molecular complexity index is 611. The van der Waals surface area contributed by atoms with Gasteiger partial charge >= 0.3 is 0 Å². The van der Waals surface area contributed by atoms with E-state index in [1.54, 1.807) is 11.6 Å². The van der Waals surface area contributed by atoms with E-state index in [1.807, 2.05) is 18.2 Å². The van der Waals surface area contributed by atoms with E-state index in [0.717, 1.165) is 43.5 Å². The summed E-state index contributed by atoms with van der Waals surface area (Å²) in [7, 11) is 0. The molecule has 0 aliphatic carbocycles. The van der Waals surface area contributed by atoms with Crippen LogP contribution in [0, 0.1) is 0 Å². The van der Waals surface area contributed by atoms with E-state index >= 15 is 0 Å². The molecule has 0 radical (unpaired) electrons. The summed E-state index contributed by atoms with van der Waals surface area (Å²) in [5.41, 5.74) is 1.24. The van der Waals surface area contributed by atoms with Crippen LogP contribution in [0.1, 0.15) is 10.5 Å². The number of carbonyl (C=O) groups is 1. The van der Waals surface area contributed by atoms with Gasteiger partial charge in [-0.2, -0.15) is 0 Å². The molecule has 7 heteroatoms. The molecule has 1 N–H and O–H groups in total. The van der Waals surface area contributed by atoms with Crippen molar-refractivity contribution >= 4 is 17.2 Å².